The molecule has 29 heavy (non-hydrogen) atoms. The van der Waals surface area contributed by atoms with E-state index in [1.165, 1.54) is 5.56 Å². The predicted octanol–water partition coefficient (Wildman–Crippen LogP) is 3.76. The van der Waals surface area contributed by atoms with Crippen LogP contribution >= 0.6 is 0 Å². The van der Waals surface area contributed by atoms with Crippen LogP contribution in [0.1, 0.15) is 67.9 Å². The minimum absolute atomic E-state index is 0.0500. The van der Waals surface area contributed by atoms with Crippen molar-refractivity contribution >= 4 is 11.9 Å². The summed E-state index contributed by atoms with van der Waals surface area (Å²) in [6, 6.07) is 7.95. The first-order valence-electron chi connectivity index (χ1n) is 10.4. The number of hydrogen-bond acceptors (Lipinski definition) is 4. The number of hydrogen-bond donors (Lipinski definition) is 0. The predicted molar refractivity (Wildman–Crippen MR) is 109 cm³/mol. The van der Waals surface area contributed by atoms with Crippen LogP contribution in [0, 0.1) is 11.8 Å². The number of rotatable bonds is 4. The van der Waals surface area contributed by atoms with Crippen molar-refractivity contribution in [2.24, 2.45) is 18.9 Å². The van der Waals surface area contributed by atoms with Crippen molar-refractivity contribution in [1.82, 2.24) is 14.7 Å². The quantitative estimate of drug-likeness (QED) is 0.740. The number of aryl methyl sites for hydroxylation is 1. The Kier molecular flexibility index (Phi) is 5.19. The summed E-state index contributed by atoms with van der Waals surface area (Å²) >= 11 is 0. The van der Waals surface area contributed by atoms with Crippen LogP contribution in [0.4, 0.5) is 0 Å². The summed E-state index contributed by atoms with van der Waals surface area (Å²) in [4.78, 5) is 27.3. The molecule has 0 bridgehead atoms. The van der Waals surface area contributed by atoms with Crippen molar-refractivity contribution in [3.05, 3.63) is 53.3 Å². The molecule has 1 saturated heterocycles. The first-order valence-corrected chi connectivity index (χ1v) is 10.4. The Morgan fingerprint density at radius 3 is 2.59 bits per heavy atom. The second-order valence-electron chi connectivity index (χ2n) is 8.68. The number of carbonyl (C=O) groups is 2. The van der Waals surface area contributed by atoms with E-state index in [0.717, 1.165) is 17.5 Å². The van der Waals surface area contributed by atoms with Crippen molar-refractivity contribution in [1.29, 1.82) is 0 Å². The van der Waals surface area contributed by atoms with Crippen LogP contribution in [-0.2, 0) is 21.4 Å². The molecule has 154 valence electrons. The van der Waals surface area contributed by atoms with Gasteiger partial charge >= 0.3 is 5.97 Å². The molecule has 1 aromatic carbocycles. The van der Waals surface area contributed by atoms with E-state index in [2.05, 4.69) is 37.1 Å². The highest BCUT2D eigenvalue weighted by Crippen LogP contribution is 2.47. The Morgan fingerprint density at radius 1 is 1.21 bits per heavy atom. The fourth-order valence-electron chi connectivity index (χ4n) is 4.93. The van der Waals surface area contributed by atoms with E-state index >= 15 is 0 Å². The van der Waals surface area contributed by atoms with E-state index in [0.29, 0.717) is 24.7 Å². The summed E-state index contributed by atoms with van der Waals surface area (Å²) in [5.74, 6) is 0.332. The number of aromatic nitrogens is 2. The van der Waals surface area contributed by atoms with Crippen LogP contribution in [0.2, 0.25) is 0 Å². The summed E-state index contributed by atoms with van der Waals surface area (Å²) in [6.45, 7) is 4.43. The molecule has 0 unspecified atom stereocenters. The maximum absolute atomic E-state index is 13.3. The van der Waals surface area contributed by atoms with Crippen molar-refractivity contribution in [3.8, 4) is 0 Å². The number of nitrogens with zero attached hydrogens (tertiary/aromatic N) is 3. The van der Waals surface area contributed by atoms with Gasteiger partial charge in [0.25, 0.3) is 0 Å². The number of piperidine rings is 1. The minimum atomic E-state index is -0.382. The van der Waals surface area contributed by atoms with E-state index in [4.69, 9.17) is 4.74 Å². The standard InChI is InChI=1S/C23H29N3O3/c1-14(2)19-11-20(17-8-6-5-7-16(17)19)29-23(28)18-9-10-21(27)26(4)22(18)15-12-24-25(3)13-15/h5-8,12-14,18-20,22H,9-11H2,1-4H3/t18-,19-,20+,22+/m0/s1. The Labute approximate surface area is 171 Å². The van der Waals surface area contributed by atoms with Gasteiger partial charge in [-0.3, -0.25) is 14.3 Å². The smallest absolute Gasteiger partial charge is 0.312 e. The largest absolute Gasteiger partial charge is 0.457 e. The molecule has 1 aliphatic heterocycles. The Hall–Kier alpha value is -2.63. The van der Waals surface area contributed by atoms with Gasteiger partial charge in [-0.15, -0.1) is 0 Å². The molecule has 1 aliphatic carbocycles. The molecule has 2 heterocycles. The molecule has 1 fully saturated rings. The van der Waals surface area contributed by atoms with Gasteiger partial charge in [-0.25, -0.2) is 0 Å². The normalized spacial score (nSPS) is 26.7. The minimum Gasteiger partial charge on any atom is -0.457 e. The topological polar surface area (TPSA) is 64.4 Å². The Bertz CT molecular complexity index is 920. The zero-order valence-corrected chi connectivity index (χ0v) is 17.5. The van der Waals surface area contributed by atoms with Crippen LogP contribution < -0.4 is 0 Å². The lowest BCUT2D eigenvalue weighted by atomic mass is 9.85. The molecular formula is C23H29N3O3. The van der Waals surface area contributed by atoms with Crippen LogP contribution in [0.3, 0.4) is 0 Å². The van der Waals surface area contributed by atoms with E-state index in [1.54, 1.807) is 22.8 Å². The van der Waals surface area contributed by atoms with Gasteiger partial charge in [0.15, 0.2) is 0 Å². The van der Waals surface area contributed by atoms with Gasteiger partial charge in [-0.1, -0.05) is 38.1 Å². The Balaban J connectivity index is 1.58. The number of amides is 1. The van der Waals surface area contributed by atoms with Gasteiger partial charge < -0.3 is 9.64 Å². The molecule has 0 radical (unpaired) electrons. The molecule has 1 amide bonds. The number of likely N-dealkylation sites (tertiary alicyclic amines) is 1. The van der Waals surface area contributed by atoms with Crippen molar-refractivity contribution in [2.45, 2.75) is 51.2 Å². The highest BCUT2D eigenvalue weighted by molar-refractivity contribution is 5.82. The number of ether oxygens (including phenoxy) is 1. The van der Waals surface area contributed by atoms with E-state index in [1.807, 2.05) is 19.3 Å². The highest BCUT2D eigenvalue weighted by atomic mass is 16.5. The number of carbonyl (C=O) groups excluding carboxylic acids is 2. The second-order valence-corrected chi connectivity index (χ2v) is 8.68. The lowest BCUT2D eigenvalue weighted by Gasteiger charge is -2.37. The molecule has 2 aliphatic rings. The zero-order valence-electron chi connectivity index (χ0n) is 17.5. The van der Waals surface area contributed by atoms with Gasteiger partial charge in [0.2, 0.25) is 5.91 Å². The highest BCUT2D eigenvalue weighted by Gasteiger charge is 2.42. The van der Waals surface area contributed by atoms with Gasteiger partial charge in [0.1, 0.15) is 6.10 Å². The molecule has 6 heteroatoms. The van der Waals surface area contributed by atoms with E-state index in [-0.39, 0.29) is 29.9 Å². The van der Waals surface area contributed by atoms with Crippen LogP contribution in [0.15, 0.2) is 36.7 Å². The lowest BCUT2D eigenvalue weighted by Crippen LogP contribution is -2.43. The third-order valence-electron chi connectivity index (χ3n) is 6.50. The summed E-state index contributed by atoms with van der Waals surface area (Å²) in [5, 5.41) is 4.23. The van der Waals surface area contributed by atoms with Gasteiger partial charge in [0, 0.05) is 32.3 Å². The molecular weight excluding hydrogens is 366 g/mol. The van der Waals surface area contributed by atoms with Crippen molar-refractivity contribution < 1.29 is 14.3 Å². The first-order chi connectivity index (χ1) is 13.9. The second kappa shape index (κ2) is 7.65. The third kappa shape index (κ3) is 3.56. The summed E-state index contributed by atoms with van der Waals surface area (Å²) < 4.78 is 7.80. The molecule has 1 aromatic heterocycles. The van der Waals surface area contributed by atoms with Crippen molar-refractivity contribution in [3.63, 3.8) is 0 Å². The monoisotopic (exact) mass is 395 g/mol. The average Bonchev–Trinajstić information content (AvgIpc) is 3.28. The molecule has 2 aromatic rings. The maximum atomic E-state index is 13.3. The van der Waals surface area contributed by atoms with E-state index in [9.17, 15) is 9.59 Å². The molecule has 0 N–H and O–H groups in total. The maximum Gasteiger partial charge on any atom is 0.312 e. The van der Waals surface area contributed by atoms with Gasteiger partial charge in [-0.2, -0.15) is 5.10 Å². The van der Waals surface area contributed by atoms with Gasteiger partial charge in [0.05, 0.1) is 18.2 Å². The SMILES string of the molecule is CC(C)[C@@H]1C[C@@H](OC(=O)[C@H]2CCC(=O)N(C)[C@@H]2c2cnn(C)c2)c2ccccc21. The van der Waals surface area contributed by atoms with E-state index < -0.39 is 0 Å². The molecule has 0 spiro atoms. The first kappa shape index (κ1) is 19.7. The third-order valence-corrected chi connectivity index (χ3v) is 6.50. The summed E-state index contributed by atoms with van der Waals surface area (Å²) in [7, 11) is 3.60. The number of benzene rings is 1. The summed E-state index contributed by atoms with van der Waals surface area (Å²) in [5.41, 5.74) is 3.29. The summed E-state index contributed by atoms with van der Waals surface area (Å²) in [6.07, 6.45) is 5.08. The van der Waals surface area contributed by atoms with Crippen molar-refractivity contribution in [2.75, 3.05) is 7.05 Å². The molecule has 6 nitrogen and oxygen atoms in total. The Morgan fingerprint density at radius 2 is 1.93 bits per heavy atom. The zero-order chi connectivity index (χ0) is 20.7. The fraction of sp³-hybridized carbons (Fsp3) is 0.522. The van der Waals surface area contributed by atoms with Crippen LogP contribution in [0.5, 0.6) is 0 Å². The van der Waals surface area contributed by atoms with Crippen LogP contribution in [-0.4, -0.2) is 33.6 Å². The number of esters is 1. The number of fused-ring (bicyclic) bond motifs is 1. The molecule has 4 atom stereocenters. The average molecular weight is 396 g/mol. The lowest BCUT2D eigenvalue weighted by molar-refractivity contribution is -0.161. The molecule has 0 saturated carbocycles. The van der Waals surface area contributed by atoms with Crippen LogP contribution in [0.25, 0.3) is 0 Å². The molecule has 4 rings (SSSR count). The van der Waals surface area contributed by atoms with Gasteiger partial charge in [-0.05, 0) is 35.8 Å². The fourth-order valence-corrected chi connectivity index (χ4v) is 4.93.